The van der Waals surface area contributed by atoms with E-state index < -0.39 is 10.0 Å². The van der Waals surface area contributed by atoms with E-state index in [9.17, 15) is 8.42 Å². The van der Waals surface area contributed by atoms with Gasteiger partial charge >= 0.3 is 0 Å². The maximum absolute atomic E-state index is 11.5. The highest BCUT2D eigenvalue weighted by Crippen LogP contribution is 2.34. The lowest BCUT2D eigenvalue weighted by molar-refractivity contribution is 0.394. The number of ether oxygens (including phenoxy) is 2. The third-order valence-electron chi connectivity index (χ3n) is 5.41. The molecule has 0 aliphatic carbocycles. The number of nitrogens with one attached hydrogen (secondary N) is 1. The van der Waals surface area contributed by atoms with Crippen LogP contribution in [0, 0.1) is 0 Å². The number of methoxy groups -OCH3 is 2. The van der Waals surface area contributed by atoms with Gasteiger partial charge in [0.15, 0.2) is 0 Å². The molecule has 10 nitrogen and oxygen atoms in total. The highest BCUT2D eigenvalue weighted by atomic mass is 32.2. The first-order chi connectivity index (χ1) is 16.8. The predicted molar refractivity (Wildman–Crippen MR) is 136 cm³/mol. The van der Waals surface area contributed by atoms with Gasteiger partial charge in [0.2, 0.25) is 10.0 Å². The summed E-state index contributed by atoms with van der Waals surface area (Å²) in [7, 11) is 1.80. The number of benzene rings is 2. The van der Waals surface area contributed by atoms with Crippen LogP contribution in [0.1, 0.15) is 6.42 Å². The Morgan fingerprint density at radius 3 is 2.37 bits per heavy atom. The first-order valence-corrected chi connectivity index (χ1v) is 12.9. The van der Waals surface area contributed by atoms with Crippen molar-refractivity contribution in [2.24, 2.45) is 7.05 Å². The summed E-state index contributed by atoms with van der Waals surface area (Å²) < 4.78 is 38.2. The first kappa shape index (κ1) is 24.4. The SMILES string of the molecule is COc1cc(OC)cc(N(CCCNS(C)(=O)=O)c2ccc3ncc(-c4cnn(C)c4)nc3c2)c1. The van der Waals surface area contributed by atoms with Crippen LogP contribution in [0.5, 0.6) is 11.5 Å². The summed E-state index contributed by atoms with van der Waals surface area (Å²) >= 11 is 0. The van der Waals surface area contributed by atoms with Crippen LogP contribution in [0.25, 0.3) is 22.3 Å². The molecule has 11 heteroatoms. The van der Waals surface area contributed by atoms with Gasteiger partial charge in [0.1, 0.15) is 11.5 Å². The van der Waals surface area contributed by atoms with Crippen molar-refractivity contribution in [3.8, 4) is 22.8 Å². The number of rotatable bonds is 10. The molecule has 2 aromatic carbocycles. The second-order valence-electron chi connectivity index (χ2n) is 8.07. The second-order valence-corrected chi connectivity index (χ2v) is 9.91. The van der Waals surface area contributed by atoms with E-state index in [4.69, 9.17) is 14.5 Å². The molecule has 0 bridgehead atoms. The topological polar surface area (TPSA) is 111 Å². The zero-order chi connectivity index (χ0) is 25.0. The smallest absolute Gasteiger partial charge is 0.208 e. The van der Waals surface area contributed by atoms with Crippen molar-refractivity contribution >= 4 is 32.4 Å². The van der Waals surface area contributed by atoms with Gasteiger partial charge in [-0.15, -0.1) is 0 Å². The first-order valence-electron chi connectivity index (χ1n) is 11.0. The molecule has 0 saturated heterocycles. The Morgan fingerprint density at radius 2 is 1.74 bits per heavy atom. The van der Waals surface area contributed by atoms with E-state index in [0.717, 1.165) is 39.9 Å². The van der Waals surface area contributed by atoms with Gasteiger partial charge in [-0.05, 0) is 24.6 Å². The van der Waals surface area contributed by atoms with Crippen molar-refractivity contribution in [3.63, 3.8) is 0 Å². The van der Waals surface area contributed by atoms with Gasteiger partial charge in [-0.2, -0.15) is 5.10 Å². The van der Waals surface area contributed by atoms with Crippen LogP contribution in [0.2, 0.25) is 0 Å². The number of nitrogens with zero attached hydrogens (tertiary/aromatic N) is 5. The fourth-order valence-corrected chi connectivity index (χ4v) is 4.23. The summed E-state index contributed by atoms with van der Waals surface area (Å²) in [5.41, 5.74) is 4.84. The van der Waals surface area contributed by atoms with Gasteiger partial charge in [-0.3, -0.25) is 9.67 Å². The quantitative estimate of drug-likeness (QED) is 0.333. The Kier molecular flexibility index (Phi) is 7.17. The minimum atomic E-state index is -3.26. The van der Waals surface area contributed by atoms with Gasteiger partial charge < -0.3 is 14.4 Å². The van der Waals surface area contributed by atoms with Gasteiger partial charge in [0, 0.05) is 61.5 Å². The number of fused-ring (bicyclic) bond motifs is 1. The van der Waals surface area contributed by atoms with E-state index in [1.807, 2.05) is 43.6 Å². The lowest BCUT2D eigenvalue weighted by Gasteiger charge is -2.26. The van der Waals surface area contributed by atoms with Crippen LogP contribution in [0.3, 0.4) is 0 Å². The van der Waals surface area contributed by atoms with Crippen molar-refractivity contribution in [2.45, 2.75) is 6.42 Å². The zero-order valence-corrected chi connectivity index (χ0v) is 20.9. The monoisotopic (exact) mass is 496 g/mol. The Balaban J connectivity index is 1.73. The number of sulfonamides is 1. The van der Waals surface area contributed by atoms with Crippen LogP contribution in [0.15, 0.2) is 55.0 Å². The van der Waals surface area contributed by atoms with Gasteiger partial charge in [-0.1, -0.05) is 0 Å². The maximum Gasteiger partial charge on any atom is 0.208 e. The van der Waals surface area contributed by atoms with E-state index in [1.54, 1.807) is 37.4 Å². The molecular weight excluding hydrogens is 468 g/mol. The number of aromatic nitrogens is 4. The number of hydrogen-bond donors (Lipinski definition) is 1. The summed E-state index contributed by atoms with van der Waals surface area (Å²) in [5, 5.41) is 4.22. The summed E-state index contributed by atoms with van der Waals surface area (Å²) in [5.74, 6) is 1.30. The average Bonchev–Trinajstić information content (AvgIpc) is 3.28. The summed E-state index contributed by atoms with van der Waals surface area (Å²) in [6.45, 7) is 0.856. The number of hydrogen-bond acceptors (Lipinski definition) is 8. The van der Waals surface area contributed by atoms with Crippen LogP contribution in [0.4, 0.5) is 11.4 Å². The average molecular weight is 497 g/mol. The molecule has 0 radical (unpaired) electrons. The molecule has 0 atom stereocenters. The lowest BCUT2D eigenvalue weighted by atomic mass is 10.1. The molecule has 0 spiro atoms. The molecule has 184 valence electrons. The van der Waals surface area contributed by atoms with Crippen molar-refractivity contribution < 1.29 is 17.9 Å². The second kappa shape index (κ2) is 10.3. The molecule has 0 aliphatic heterocycles. The molecule has 2 heterocycles. The largest absolute Gasteiger partial charge is 0.497 e. The molecule has 0 unspecified atom stereocenters. The fourth-order valence-electron chi connectivity index (χ4n) is 3.71. The third-order valence-corrected chi connectivity index (χ3v) is 6.14. The predicted octanol–water partition coefficient (Wildman–Crippen LogP) is 3.12. The highest BCUT2D eigenvalue weighted by molar-refractivity contribution is 7.88. The Bertz CT molecular complexity index is 1410. The van der Waals surface area contributed by atoms with E-state index >= 15 is 0 Å². The van der Waals surface area contributed by atoms with Crippen molar-refractivity contribution in [1.82, 2.24) is 24.5 Å². The zero-order valence-electron chi connectivity index (χ0n) is 20.1. The molecule has 0 fully saturated rings. The van der Waals surface area contributed by atoms with Crippen molar-refractivity contribution in [2.75, 3.05) is 38.5 Å². The van der Waals surface area contributed by atoms with E-state index in [2.05, 4.69) is 19.7 Å². The highest BCUT2D eigenvalue weighted by Gasteiger charge is 2.15. The minimum Gasteiger partial charge on any atom is -0.497 e. The molecular formula is C24H28N6O4S. The van der Waals surface area contributed by atoms with E-state index in [1.165, 1.54) is 0 Å². The number of aryl methyl sites for hydroxylation is 1. The molecule has 0 aliphatic rings. The van der Waals surface area contributed by atoms with Crippen molar-refractivity contribution in [1.29, 1.82) is 0 Å². The number of anilines is 2. The molecule has 4 rings (SSSR count). The summed E-state index contributed by atoms with van der Waals surface area (Å²) in [4.78, 5) is 11.4. The fraction of sp³-hybridized carbons (Fsp3) is 0.292. The molecule has 2 aromatic heterocycles. The Morgan fingerprint density at radius 1 is 1.00 bits per heavy atom. The van der Waals surface area contributed by atoms with E-state index in [-0.39, 0.29) is 0 Å². The third kappa shape index (κ3) is 6.06. The summed E-state index contributed by atoms with van der Waals surface area (Å²) in [6.07, 6.45) is 7.11. The standard InChI is InChI=1S/C24H28N6O4S/c1-29-16-17(14-26-29)24-15-25-22-7-6-18(12-23(22)28-24)30(9-5-8-27-35(4,31)32)19-10-20(33-2)13-21(11-19)34-3/h6-7,10-16,27H,5,8-9H2,1-4H3. The maximum atomic E-state index is 11.5. The van der Waals surface area contributed by atoms with Gasteiger partial charge in [0.25, 0.3) is 0 Å². The molecule has 1 N–H and O–H groups in total. The molecule has 0 amide bonds. The summed E-state index contributed by atoms with van der Waals surface area (Å²) in [6, 6.07) is 11.5. The van der Waals surface area contributed by atoms with Crippen LogP contribution >= 0.6 is 0 Å². The lowest BCUT2D eigenvalue weighted by Crippen LogP contribution is -2.27. The molecule has 4 aromatic rings. The van der Waals surface area contributed by atoms with Gasteiger partial charge in [0.05, 0.1) is 49.6 Å². The van der Waals surface area contributed by atoms with Crippen molar-refractivity contribution in [3.05, 3.63) is 55.0 Å². The Hall–Kier alpha value is -3.70. The molecule has 35 heavy (non-hydrogen) atoms. The minimum absolute atomic E-state index is 0.314. The van der Waals surface area contributed by atoms with Gasteiger partial charge in [-0.25, -0.2) is 18.1 Å². The van der Waals surface area contributed by atoms with Crippen LogP contribution in [-0.2, 0) is 17.1 Å². The molecule has 0 saturated carbocycles. The van der Waals surface area contributed by atoms with Crippen LogP contribution in [-0.4, -0.2) is 61.7 Å². The Labute approximate surface area is 204 Å². The van der Waals surface area contributed by atoms with E-state index in [0.29, 0.717) is 31.0 Å². The van der Waals surface area contributed by atoms with Crippen LogP contribution < -0.4 is 19.1 Å². The normalized spacial score (nSPS) is 11.5.